The van der Waals surface area contributed by atoms with Crippen molar-refractivity contribution in [1.82, 2.24) is 4.57 Å². The van der Waals surface area contributed by atoms with Crippen molar-refractivity contribution in [1.29, 1.82) is 0 Å². The summed E-state index contributed by atoms with van der Waals surface area (Å²) in [4.78, 5) is 0. The molecule has 1 spiro atoms. The molecule has 9 atom stereocenters. The van der Waals surface area contributed by atoms with Gasteiger partial charge >= 0.3 is 0 Å². The highest BCUT2D eigenvalue weighted by atomic mass is 15.0. The van der Waals surface area contributed by atoms with Crippen LogP contribution in [0, 0.1) is 52.3 Å². The molecule has 1 heterocycles. The van der Waals surface area contributed by atoms with Crippen molar-refractivity contribution >= 4 is 21.8 Å². The van der Waals surface area contributed by atoms with Crippen LogP contribution < -0.4 is 0 Å². The van der Waals surface area contributed by atoms with Gasteiger partial charge in [-0.25, -0.2) is 0 Å². The maximum absolute atomic E-state index is 2.78. The second kappa shape index (κ2) is 16.4. The first kappa shape index (κ1) is 44.1. The topological polar surface area (TPSA) is 4.93 Å². The number of benzene rings is 7. The number of hydrogen-bond acceptors (Lipinski definition) is 0. The quantitative estimate of drug-likeness (QED) is 0.143. The number of fused-ring (bicyclic) bond motifs is 19. The van der Waals surface area contributed by atoms with Crippen LogP contribution in [-0.2, 0) is 5.41 Å². The summed E-state index contributed by atoms with van der Waals surface area (Å²) < 4.78 is 2.64. The number of aromatic nitrogens is 1. The molecule has 1 aromatic heterocycles. The third-order valence-corrected chi connectivity index (χ3v) is 21.5. The van der Waals surface area contributed by atoms with Gasteiger partial charge in [0.2, 0.25) is 0 Å². The molecule has 71 heavy (non-hydrogen) atoms. The van der Waals surface area contributed by atoms with E-state index in [4.69, 9.17) is 0 Å². The van der Waals surface area contributed by atoms with Crippen LogP contribution in [0.3, 0.4) is 0 Å². The third-order valence-electron chi connectivity index (χ3n) is 21.5. The van der Waals surface area contributed by atoms with Gasteiger partial charge in [0.05, 0.1) is 16.4 Å². The second-order valence-corrected chi connectivity index (χ2v) is 25.0. The molecule has 8 aromatic rings. The summed E-state index contributed by atoms with van der Waals surface area (Å²) in [5, 5.41) is 2.63. The fourth-order valence-electron chi connectivity index (χ4n) is 18.2. The van der Waals surface area contributed by atoms with E-state index < -0.39 is 0 Å². The zero-order valence-electron chi connectivity index (χ0n) is 43.1. The van der Waals surface area contributed by atoms with E-state index >= 15 is 0 Å². The minimum atomic E-state index is -0.384. The Balaban J connectivity index is 0.823. The molecule has 0 N–H and O–H groups in total. The highest BCUT2D eigenvalue weighted by molar-refractivity contribution is 6.17. The molecule has 1 heteroatoms. The van der Waals surface area contributed by atoms with Gasteiger partial charge < -0.3 is 4.57 Å². The van der Waals surface area contributed by atoms with Crippen molar-refractivity contribution in [2.45, 2.75) is 123 Å². The van der Waals surface area contributed by atoms with Crippen LogP contribution >= 0.6 is 0 Å². The van der Waals surface area contributed by atoms with Gasteiger partial charge in [-0.05, 0) is 196 Å². The molecule has 358 valence electrons. The summed E-state index contributed by atoms with van der Waals surface area (Å²) >= 11 is 0. The van der Waals surface area contributed by atoms with Crippen molar-refractivity contribution in [2.24, 2.45) is 52.3 Å². The van der Waals surface area contributed by atoms with Crippen LogP contribution in [0.5, 0.6) is 0 Å². The number of rotatable bonds is 8. The summed E-state index contributed by atoms with van der Waals surface area (Å²) in [6.45, 7) is 13.0. The van der Waals surface area contributed by atoms with Crippen LogP contribution in [0.4, 0.5) is 0 Å². The van der Waals surface area contributed by atoms with E-state index in [9.17, 15) is 0 Å². The molecule has 4 saturated carbocycles. The average molecular weight is 928 g/mol. The normalized spacial score (nSPS) is 28.0. The fraction of sp³-hybridized carbons (Fsp3) is 0.400. The van der Waals surface area contributed by atoms with Crippen molar-refractivity contribution in [2.75, 3.05) is 0 Å². The average Bonchev–Trinajstić information content (AvgIpc) is 4.12. The number of nitrogens with zero attached hydrogens (tertiary/aromatic N) is 1. The lowest BCUT2D eigenvalue weighted by Gasteiger charge is -2.61. The van der Waals surface area contributed by atoms with E-state index in [1.807, 2.05) is 0 Å². The molecule has 0 bridgehead atoms. The van der Waals surface area contributed by atoms with Crippen molar-refractivity contribution in [3.8, 4) is 39.1 Å². The van der Waals surface area contributed by atoms with Crippen LogP contribution in [0.25, 0.3) is 60.9 Å². The Morgan fingerprint density at radius 3 is 1.93 bits per heavy atom. The van der Waals surface area contributed by atoms with Gasteiger partial charge in [0.25, 0.3) is 0 Å². The van der Waals surface area contributed by atoms with E-state index in [1.165, 1.54) is 160 Å². The molecule has 0 aliphatic heterocycles. The van der Waals surface area contributed by atoms with Gasteiger partial charge in [0.15, 0.2) is 0 Å². The first-order valence-corrected chi connectivity index (χ1v) is 28.2. The summed E-state index contributed by atoms with van der Waals surface area (Å²) in [5.74, 6) is 6.97. The Morgan fingerprint density at radius 2 is 1.20 bits per heavy atom. The fourth-order valence-corrected chi connectivity index (χ4v) is 18.2. The molecule has 6 aliphatic carbocycles. The molecule has 1 unspecified atom stereocenters. The zero-order valence-corrected chi connectivity index (χ0v) is 43.1. The third kappa shape index (κ3) is 6.29. The largest absolute Gasteiger partial charge is 0.309 e. The lowest BCUT2D eigenvalue weighted by atomic mass is 9.43. The van der Waals surface area contributed by atoms with Crippen LogP contribution in [-0.4, -0.2) is 4.57 Å². The Hall–Kier alpha value is -5.66. The van der Waals surface area contributed by atoms with Crippen molar-refractivity contribution in [3.05, 3.63) is 186 Å². The molecule has 1 nitrogen and oxygen atoms in total. The van der Waals surface area contributed by atoms with Crippen molar-refractivity contribution < 1.29 is 0 Å². The number of hydrogen-bond donors (Lipinski definition) is 0. The van der Waals surface area contributed by atoms with Crippen LogP contribution in [0.15, 0.2) is 158 Å². The van der Waals surface area contributed by atoms with E-state index in [0.717, 1.165) is 41.4 Å². The first-order valence-electron chi connectivity index (χ1n) is 28.2. The highest BCUT2D eigenvalue weighted by Crippen LogP contribution is 2.70. The molecule has 7 aromatic carbocycles. The Bertz CT molecular complexity index is 3300. The Kier molecular flexibility index (Phi) is 10.2. The van der Waals surface area contributed by atoms with E-state index in [0.29, 0.717) is 16.7 Å². The smallest absolute Gasteiger partial charge is 0.0726 e. The lowest BCUT2D eigenvalue weighted by Crippen LogP contribution is -2.53. The predicted molar refractivity (Wildman–Crippen MR) is 298 cm³/mol. The summed E-state index contributed by atoms with van der Waals surface area (Å²) in [7, 11) is 0. The SMILES string of the molecule is CC(C)CCC[C@@H](C)[C@H]1CC[C@H]2[C@@H]3CC[C@H]4CC(c5ccc(-n6c7ccc(-c8ccccc8)cc7c7ccc8c(c76)-c6ccccc6C86c7ccccc7-c7ccccc76)cc5)CC[C@]4(C)[C@H]3CC[C@]12C. The van der Waals surface area contributed by atoms with E-state index in [2.05, 4.69) is 197 Å². The molecule has 6 aliphatic rings. The molecule has 0 amide bonds. The van der Waals surface area contributed by atoms with E-state index in [-0.39, 0.29) is 5.41 Å². The minimum absolute atomic E-state index is 0.384. The Morgan fingerprint density at radius 1 is 0.535 bits per heavy atom. The van der Waals surface area contributed by atoms with Gasteiger partial charge in [0.1, 0.15) is 0 Å². The summed E-state index contributed by atoms with van der Waals surface area (Å²) in [6, 6.07) is 60.9. The minimum Gasteiger partial charge on any atom is -0.309 e. The Labute approximate surface area is 424 Å². The van der Waals surface area contributed by atoms with Crippen LogP contribution in [0.1, 0.15) is 145 Å². The molecule has 14 rings (SSSR count). The predicted octanol–water partition coefficient (Wildman–Crippen LogP) is 19.0. The second-order valence-electron chi connectivity index (χ2n) is 25.0. The maximum atomic E-state index is 2.78. The van der Waals surface area contributed by atoms with Gasteiger partial charge in [0, 0.05) is 22.0 Å². The van der Waals surface area contributed by atoms with Gasteiger partial charge in [-0.1, -0.05) is 187 Å². The maximum Gasteiger partial charge on any atom is 0.0726 e. The molecular weight excluding hydrogens is 855 g/mol. The molecule has 0 saturated heterocycles. The van der Waals surface area contributed by atoms with Crippen LogP contribution in [0.2, 0.25) is 0 Å². The molecular formula is C70H73N. The standard InChI is InChI=1S/C70H73N/c1-44(2)16-15-17-45(3)58-35-36-59-55-32-29-50-42-49(38-40-68(50,4)60(55)39-41-69(58,59)5)47-26-30-51(31-27-47)71-65-37-28-48(46-18-7-6-8-19-46)43-57(65)54-33-34-64-66(67(54)71)56-22-11-14-25-63(56)70(64)61-23-12-9-20-52(61)53-21-10-13-24-62(53)70/h6-14,18-28,30-31,33-34,37,43-45,49-50,55,58-60H,15-17,29,32,35-36,38-42H2,1-5H3/t45-,49?,50+,55+,58-,59+,60+,68+,69-/m1/s1. The molecule has 0 radical (unpaired) electrons. The first-order chi connectivity index (χ1) is 34.7. The molecule has 4 fully saturated rings. The van der Waals surface area contributed by atoms with Gasteiger partial charge in [-0.3, -0.25) is 0 Å². The monoisotopic (exact) mass is 928 g/mol. The van der Waals surface area contributed by atoms with Gasteiger partial charge in [-0.2, -0.15) is 0 Å². The highest BCUT2D eigenvalue weighted by Gasteiger charge is 2.61. The lowest BCUT2D eigenvalue weighted by molar-refractivity contribution is -0.117. The zero-order chi connectivity index (χ0) is 47.8. The summed E-state index contributed by atoms with van der Waals surface area (Å²) in [5.41, 5.74) is 19.6. The van der Waals surface area contributed by atoms with E-state index in [1.54, 1.807) is 5.56 Å². The van der Waals surface area contributed by atoms with Gasteiger partial charge in [-0.15, -0.1) is 0 Å². The van der Waals surface area contributed by atoms with Crippen molar-refractivity contribution in [3.63, 3.8) is 0 Å². The summed E-state index contributed by atoms with van der Waals surface area (Å²) in [6.07, 6.45) is 17.3.